The first-order valence-corrected chi connectivity index (χ1v) is 9.75. The largest absolute Gasteiger partial charge is 0.493 e. The summed E-state index contributed by atoms with van der Waals surface area (Å²) >= 11 is 0. The second-order valence-electron chi connectivity index (χ2n) is 6.10. The molecule has 1 rings (SSSR count). The van der Waals surface area contributed by atoms with Crippen LogP contribution in [0.15, 0.2) is 23.1 Å². The summed E-state index contributed by atoms with van der Waals surface area (Å²) in [6.45, 7) is 4.64. The molecule has 10 heteroatoms. The van der Waals surface area contributed by atoms with Gasteiger partial charge in [0, 0.05) is 12.1 Å². The number of hydrogen-bond acceptors (Lipinski definition) is 7. The highest BCUT2D eigenvalue weighted by Gasteiger charge is 2.19. The Bertz CT molecular complexity index is 763. The lowest BCUT2D eigenvalue weighted by atomic mass is 10.1. The Morgan fingerprint density at radius 1 is 1.07 bits per heavy atom. The third kappa shape index (κ3) is 7.06. The summed E-state index contributed by atoms with van der Waals surface area (Å²) in [5, 5.41) is 2.68. The molecule has 1 aromatic carbocycles. The maximum absolute atomic E-state index is 12.3. The molecule has 1 aromatic rings. The van der Waals surface area contributed by atoms with Gasteiger partial charge in [0.25, 0.3) is 5.91 Å². The van der Waals surface area contributed by atoms with Gasteiger partial charge in [0.05, 0.1) is 19.1 Å². The Balaban J connectivity index is 2.58. The molecule has 0 fully saturated rings. The molecule has 0 heterocycles. The van der Waals surface area contributed by atoms with E-state index in [1.807, 2.05) is 20.8 Å². The van der Waals surface area contributed by atoms with Gasteiger partial charge in [-0.3, -0.25) is 9.59 Å². The highest BCUT2D eigenvalue weighted by atomic mass is 32.2. The van der Waals surface area contributed by atoms with Crippen LogP contribution in [0.4, 0.5) is 0 Å². The Morgan fingerprint density at radius 2 is 1.70 bits per heavy atom. The third-order valence-corrected chi connectivity index (χ3v) is 5.22. The molecule has 0 aliphatic rings. The second kappa shape index (κ2) is 10.1. The summed E-state index contributed by atoms with van der Waals surface area (Å²) in [6.07, 6.45) is 0. The predicted octanol–water partition coefficient (Wildman–Crippen LogP) is 0.686. The van der Waals surface area contributed by atoms with E-state index in [4.69, 9.17) is 14.2 Å². The van der Waals surface area contributed by atoms with E-state index in [9.17, 15) is 18.0 Å². The highest BCUT2D eigenvalue weighted by Crippen LogP contribution is 2.29. The number of benzene rings is 1. The van der Waals surface area contributed by atoms with Crippen molar-refractivity contribution < 1.29 is 32.2 Å². The summed E-state index contributed by atoms with van der Waals surface area (Å²) in [6, 6.07) is 3.95. The summed E-state index contributed by atoms with van der Waals surface area (Å²) < 4.78 is 41.5. The first kappa shape index (κ1) is 22.7. The zero-order valence-electron chi connectivity index (χ0n) is 16.1. The standard InChI is InChI=1S/C17H26N2O7S/c1-11(2)12(3)19-16(20)10-26-17(21)9-18-27(22,23)13-6-7-14(24-4)15(8-13)25-5/h6-8,11-12,18H,9-10H2,1-5H3,(H,19,20)/t12-/m0/s1. The number of methoxy groups -OCH3 is 2. The molecule has 0 spiro atoms. The van der Waals surface area contributed by atoms with E-state index < -0.39 is 35.1 Å². The SMILES string of the molecule is COc1ccc(S(=O)(=O)NCC(=O)OCC(=O)N[C@@H](C)C(C)C)cc1OC. The average Bonchev–Trinajstić information content (AvgIpc) is 2.63. The molecule has 0 aromatic heterocycles. The van der Waals surface area contributed by atoms with Crippen LogP contribution in [0.25, 0.3) is 0 Å². The first-order valence-electron chi connectivity index (χ1n) is 8.27. The molecule has 0 radical (unpaired) electrons. The van der Waals surface area contributed by atoms with E-state index in [1.54, 1.807) is 0 Å². The summed E-state index contributed by atoms with van der Waals surface area (Å²) in [4.78, 5) is 23.3. The third-order valence-electron chi connectivity index (χ3n) is 3.82. The van der Waals surface area contributed by atoms with Gasteiger partial charge in [0.2, 0.25) is 10.0 Å². The van der Waals surface area contributed by atoms with Gasteiger partial charge in [0.1, 0.15) is 6.54 Å². The van der Waals surface area contributed by atoms with Crippen LogP contribution in [-0.2, 0) is 24.3 Å². The van der Waals surface area contributed by atoms with Gasteiger partial charge in [-0.1, -0.05) is 13.8 Å². The van der Waals surface area contributed by atoms with Crippen LogP contribution < -0.4 is 19.5 Å². The number of esters is 1. The average molecular weight is 402 g/mol. The molecule has 0 bridgehead atoms. The Morgan fingerprint density at radius 3 is 2.26 bits per heavy atom. The van der Waals surface area contributed by atoms with E-state index in [2.05, 4.69) is 10.0 Å². The zero-order chi connectivity index (χ0) is 20.6. The maximum Gasteiger partial charge on any atom is 0.321 e. The number of sulfonamides is 1. The monoisotopic (exact) mass is 402 g/mol. The predicted molar refractivity (Wildman–Crippen MR) is 98.1 cm³/mol. The van der Waals surface area contributed by atoms with Crippen LogP contribution >= 0.6 is 0 Å². The van der Waals surface area contributed by atoms with Crippen molar-refractivity contribution in [2.24, 2.45) is 5.92 Å². The zero-order valence-corrected chi connectivity index (χ0v) is 16.9. The van der Waals surface area contributed by atoms with Crippen molar-refractivity contribution in [1.82, 2.24) is 10.0 Å². The quantitative estimate of drug-likeness (QED) is 0.552. The fraction of sp³-hybridized carbons (Fsp3) is 0.529. The molecular formula is C17H26N2O7S. The van der Waals surface area contributed by atoms with Crippen LogP contribution in [0, 0.1) is 5.92 Å². The topological polar surface area (TPSA) is 120 Å². The van der Waals surface area contributed by atoms with Gasteiger partial charge in [-0.05, 0) is 25.0 Å². The van der Waals surface area contributed by atoms with E-state index >= 15 is 0 Å². The number of hydrogen-bond donors (Lipinski definition) is 2. The lowest BCUT2D eigenvalue weighted by Crippen LogP contribution is -2.39. The summed E-state index contributed by atoms with van der Waals surface area (Å²) in [7, 11) is -1.16. The van der Waals surface area contributed by atoms with Crippen molar-refractivity contribution >= 4 is 21.9 Å². The van der Waals surface area contributed by atoms with E-state index in [1.165, 1.54) is 32.4 Å². The number of nitrogens with one attached hydrogen (secondary N) is 2. The molecule has 0 aliphatic carbocycles. The van der Waals surface area contributed by atoms with Gasteiger partial charge >= 0.3 is 5.97 Å². The normalized spacial score (nSPS) is 12.4. The van der Waals surface area contributed by atoms with Crippen molar-refractivity contribution in [3.05, 3.63) is 18.2 Å². The molecule has 0 saturated carbocycles. The summed E-state index contributed by atoms with van der Waals surface area (Å²) in [5.41, 5.74) is 0. The minimum Gasteiger partial charge on any atom is -0.493 e. The molecule has 9 nitrogen and oxygen atoms in total. The fourth-order valence-electron chi connectivity index (χ4n) is 1.88. The van der Waals surface area contributed by atoms with Gasteiger partial charge in [-0.25, -0.2) is 8.42 Å². The number of ether oxygens (including phenoxy) is 3. The van der Waals surface area contributed by atoms with Crippen LogP contribution in [0.2, 0.25) is 0 Å². The lowest BCUT2D eigenvalue weighted by Gasteiger charge is -2.17. The Labute approximate surface area is 159 Å². The van der Waals surface area contributed by atoms with Crippen LogP contribution in [0.1, 0.15) is 20.8 Å². The van der Waals surface area contributed by atoms with Crippen LogP contribution in [0.3, 0.4) is 0 Å². The first-order chi connectivity index (χ1) is 12.6. The molecular weight excluding hydrogens is 376 g/mol. The molecule has 0 aliphatic heterocycles. The lowest BCUT2D eigenvalue weighted by molar-refractivity contribution is -0.147. The summed E-state index contributed by atoms with van der Waals surface area (Å²) in [5.74, 6) is -0.479. The Hall–Kier alpha value is -2.33. The van der Waals surface area contributed by atoms with Crippen LogP contribution in [0.5, 0.6) is 11.5 Å². The van der Waals surface area contributed by atoms with Gasteiger partial charge in [0.15, 0.2) is 18.1 Å². The van der Waals surface area contributed by atoms with Gasteiger partial charge < -0.3 is 19.5 Å². The Kier molecular flexibility index (Phi) is 8.51. The number of carbonyl (C=O) groups is 2. The van der Waals surface area contributed by atoms with E-state index in [0.717, 1.165) is 0 Å². The number of carbonyl (C=O) groups excluding carboxylic acids is 2. The smallest absolute Gasteiger partial charge is 0.321 e. The molecule has 0 saturated heterocycles. The van der Waals surface area contributed by atoms with Crippen molar-refractivity contribution in [2.45, 2.75) is 31.7 Å². The maximum atomic E-state index is 12.3. The molecule has 152 valence electrons. The van der Waals surface area contributed by atoms with Crippen LogP contribution in [-0.4, -0.2) is 53.7 Å². The van der Waals surface area contributed by atoms with E-state index in [0.29, 0.717) is 5.75 Å². The molecule has 1 atom stereocenters. The molecule has 0 unspecified atom stereocenters. The number of rotatable bonds is 10. The minimum atomic E-state index is -3.97. The highest BCUT2D eigenvalue weighted by molar-refractivity contribution is 7.89. The molecule has 1 amide bonds. The van der Waals surface area contributed by atoms with E-state index in [-0.39, 0.29) is 22.6 Å². The molecule has 2 N–H and O–H groups in total. The van der Waals surface area contributed by atoms with Gasteiger partial charge in [-0.15, -0.1) is 0 Å². The fourth-order valence-corrected chi connectivity index (χ4v) is 2.86. The van der Waals surface area contributed by atoms with Crippen molar-refractivity contribution in [1.29, 1.82) is 0 Å². The van der Waals surface area contributed by atoms with Crippen molar-refractivity contribution in [3.8, 4) is 11.5 Å². The van der Waals surface area contributed by atoms with Gasteiger partial charge in [-0.2, -0.15) is 4.72 Å². The van der Waals surface area contributed by atoms with Crippen molar-refractivity contribution in [3.63, 3.8) is 0 Å². The second-order valence-corrected chi connectivity index (χ2v) is 7.87. The number of amides is 1. The minimum absolute atomic E-state index is 0.0697. The molecule has 27 heavy (non-hydrogen) atoms. The van der Waals surface area contributed by atoms with Crippen molar-refractivity contribution in [2.75, 3.05) is 27.4 Å².